The lowest BCUT2D eigenvalue weighted by Crippen LogP contribution is -2.25. The van der Waals surface area contributed by atoms with Gasteiger partial charge in [-0.3, -0.25) is 13.4 Å². The van der Waals surface area contributed by atoms with Gasteiger partial charge in [0.2, 0.25) is 0 Å². The first-order valence-electron chi connectivity index (χ1n) is 6.98. The van der Waals surface area contributed by atoms with Crippen LogP contribution in [-0.4, -0.2) is 32.0 Å². The molecule has 5 nitrogen and oxygen atoms in total. The van der Waals surface area contributed by atoms with Crippen LogP contribution in [0.2, 0.25) is 0 Å². The predicted molar refractivity (Wildman–Crippen MR) is 81.8 cm³/mol. The molecule has 0 aliphatic carbocycles. The van der Waals surface area contributed by atoms with Gasteiger partial charge in [0.15, 0.2) is 0 Å². The second-order valence-corrected chi connectivity index (χ2v) is 7.62. The highest BCUT2D eigenvalue weighted by molar-refractivity contribution is 8.26. The van der Waals surface area contributed by atoms with Crippen molar-refractivity contribution in [3.05, 3.63) is 41.5 Å². The van der Waals surface area contributed by atoms with Crippen LogP contribution in [0, 0.1) is 0 Å². The molecule has 0 aromatic heterocycles. The minimum atomic E-state index is -5.07. The number of aliphatic carboxylic acids is 1. The molecule has 2 rings (SSSR count). The summed E-state index contributed by atoms with van der Waals surface area (Å²) in [7, 11) is -3.85. The van der Waals surface area contributed by atoms with E-state index in [1.54, 1.807) is 0 Å². The van der Waals surface area contributed by atoms with E-state index in [2.05, 4.69) is 0 Å². The van der Waals surface area contributed by atoms with Crippen LogP contribution in [0.3, 0.4) is 0 Å². The Morgan fingerprint density at radius 1 is 1.08 bits per heavy atom. The fourth-order valence-electron chi connectivity index (χ4n) is 2.46. The summed E-state index contributed by atoms with van der Waals surface area (Å²) in [5, 5.41) is 7.44. The monoisotopic (exact) mass is 405 g/mol. The number of carboxylic acid groups (broad SMARTS) is 1. The molecule has 3 N–H and O–H groups in total. The van der Waals surface area contributed by atoms with E-state index in [0.717, 1.165) is 6.08 Å². The predicted octanol–water partition coefficient (Wildman–Crippen LogP) is 4.61. The summed E-state index contributed by atoms with van der Waals surface area (Å²) in [6, 6.07) is 0.729. The van der Waals surface area contributed by atoms with E-state index in [4.69, 9.17) is 5.11 Å². The van der Waals surface area contributed by atoms with Crippen molar-refractivity contribution in [2.24, 2.45) is 0 Å². The molecule has 12 heteroatoms. The third-order valence-electron chi connectivity index (χ3n) is 3.66. The van der Waals surface area contributed by atoms with Crippen LogP contribution in [0.15, 0.2) is 30.4 Å². The molecule has 1 aromatic carbocycles. The largest absolute Gasteiger partial charge is 0.478 e. The molecule has 1 atom stereocenters. The quantitative estimate of drug-likeness (QED) is 0.506. The van der Waals surface area contributed by atoms with Gasteiger partial charge in [-0.15, -0.1) is 10.8 Å². The number of alkyl halides is 6. The Morgan fingerprint density at radius 2 is 1.58 bits per heavy atom. The van der Waals surface area contributed by atoms with E-state index < -0.39 is 51.2 Å². The average molecular weight is 405 g/mol. The molecule has 1 aliphatic rings. The maximum Gasteiger partial charge on any atom is 0.416 e. The fraction of sp³-hybridized carbons (Fsp3) is 0.357. The van der Waals surface area contributed by atoms with Crippen LogP contribution in [0.4, 0.5) is 32.0 Å². The van der Waals surface area contributed by atoms with Gasteiger partial charge in [0.1, 0.15) is 0 Å². The average Bonchev–Trinajstić information content (AvgIpc) is 2.77. The highest BCUT2D eigenvalue weighted by Crippen LogP contribution is 2.57. The van der Waals surface area contributed by atoms with Crippen molar-refractivity contribution < 1.29 is 45.3 Å². The number of carboxylic acids is 1. The zero-order valence-corrected chi connectivity index (χ0v) is 13.6. The number of rotatable bonds is 3. The molecule has 1 saturated heterocycles. The molecule has 0 saturated carbocycles. The van der Waals surface area contributed by atoms with Gasteiger partial charge in [-0.2, -0.15) is 26.3 Å². The topological polar surface area (TPSA) is 81.0 Å². The number of nitrogens with zero attached hydrogens (tertiary/aromatic N) is 1. The summed E-state index contributed by atoms with van der Waals surface area (Å²) < 4.78 is 98.6. The van der Waals surface area contributed by atoms with E-state index in [0.29, 0.717) is 22.5 Å². The van der Waals surface area contributed by atoms with Gasteiger partial charge in [-0.1, -0.05) is 6.08 Å². The van der Waals surface area contributed by atoms with Crippen LogP contribution in [0.1, 0.15) is 17.5 Å². The number of hydrogen-bond acceptors (Lipinski definition) is 4. The first-order valence-corrected chi connectivity index (χ1v) is 8.55. The molecule has 146 valence electrons. The van der Waals surface area contributed by atoms with Gasteiger partial charge in [0.05, 0.1) is 22.1 Å². The molecule has 0 spiro atoms. The molecule has 1 fully saturated rings. The fourth-order valence-corrected chi connectivity index (χ4v) is 4.29. The molecular weight excluding hydrogens is 392 g/mol. The maximum atomic E-state index is 12.9. The Bertz CT molecular complexity index is 699. The van der Waals surface area contributed by atoms with Crippen LogP contribution in [0.25, 0.3) is 0 Å². The molecule has 1 aliphatic heterocycles. The maximum absolute atomic E-state index is 12.9. The Labute approximate surface area is 145 Å². The minimum Gasteiger partial charge on any atom is -0.478 e. The van der Waals surface area contributed by atoms with E-state index in [-0.39, 0.29) is 19.0 Å². The van der Waals surface area contributed by atoms with Gasteiger partial charge in [-0.25, -0.2) is 4.79 Å². The Morgan fingerprint density at radius 3 is 2.00 bits per heavy atom. The highest BCUT2D eigenvalue weighted by Gasteiger charge is 2.41. The molecule has 0 radical (unpaired) electrons. The van der Waals surface area contributed by atoms with Gasteiger partial charge >= 0.3 is 18.3 Å². The standard InChI is InChI=1S/C14H13F6NO4S/c15-13(16,17)8-5-9(14(18,19)20)7-10(6-8)21-4-3-11(26(21,24)25)1-2-12(22)23/h1-2,5-7,11,24-25H,3-4H2,(H,22,23). The Kier molecular flexibility index (Phi) is 5.23. The number of halogens is 6. The van der Waals surface area contributed by atoms with E-state index in [1.807, 2.05) is 0 Å². The lowest BCUT2D eigenvalue weighted by molar-refractivity contribution is -0.143. The smallest absolute Gasteiger partial charge is 0.416 e. The highest BCUT2D eigenvalue weighted by atomic mass is 32.3. The van der Waals surface area contributed by atoms with Crippen molar-refractivity contribution in [1.82, 2.24) is 0 Å². The van der Waals surface area contributed by atoms with Crippen LogP contribution < -0.4 is 4.31 Å². The molecule has 26 heavy (non-hydrogen) atoms. The lowest BCUT2D eigenvalue weighted by atomic mass is 10.1. The van der Waals surface area contributed by atoms with Gasteiger partial charge < -0.3 is 5.11 Å². The van der Waals surface area contributed by atoms with Crippen molar-refractivity contribution in [3.63, 3.8) is 0 Å². The minimum absolute atomic E-state index is 0.0519. The zero-order valence-electron chi connectivity index (χ0n) is 12.8. The van der Waals surface area contributed by atoms with E-state index in [1.165, 1.54) is 0 Å². The van der Waals surface area contributed by atoms with Crippen molar-refractivity contribution in [2.45, 2.75) is 24.0 Å². The first kappa shape index (κ1) is 20.4. The Hall–Kier alpha value is -1.92. The lowest BCUT2D eigenvalue weighted by Gasteiger charge is -2.41. The van der Waals surface area contributed by atoms with Crippen LogP contribution in [-0.2, 0) is 17.1 Å². The third kappa shape index (κ3) is 4.24. The van der Waals surface area contributed by atoms with Crippen molar-refractivity contribution in [3.8, 4) is 0 Å². The summed E-state index contributed by atoms with van der Waals surface area (Å²) in [5.41, 5.74) is -3.82. The van der Waals surface area contributed by atoms with Crippen LogP contribution in [0.5, 0.6) is 0 Å². The molecule has 1 aromatic rings. The van der Waals surface area contributed by atoms with Crippen LogP contribution >= 0.6 is 10.8 Å². The summed E-state index contributed by atoms with van der Waals surface area (Å²) in [6.07, 6.45) is -8.60. The molecule has 0 amide bonds. The van der Waals surface area contributed by atoms with E-state index >= 15 is 0 Å². The summed E-state index contributed by atoms with van der Waals surface area (Å²) >= 11 is 0. The number of anilines is 1. The number of benzene rings is 1. The molecule has 1 unspecified atom stereocenters. The second-order valence-electron chi connectivity index (χ2n) is 5.45. The molecular formula is C14H13F6NO4S. The normalized spacial score (nSPS) is 22.0. The SMILES string of the molecule is O=C(O)C=CC1CCN(c2cc(C(F)(F)F)cc(C(F)(F)F)c2)S1(O)O. The second kappa shape index (κ2) is 6.67. The van der Waals surface area contributed by atoms with Gasteiger partial charge in [-0.05, 0) is 24.6 Å². The van der Waals surface area contributed by atoms with Gasteiger partial charge in [0.25, 0.3) is 0 Å². The third-order valence-corrected chi connectivity index (χ3v) is 5.91. The number of hydrogen-bond donors (Lipinski definition) is 3. The Balaban J connectivity index is 2.49. The van der Waals surface area contributed by atoms with E-state index in [9.17, 15) is 40.2 Å². The number of carbonyl (C=O) groups is 1. The molecule has 0 bridgehead atoms. The molecule has 1 heterocycles. The summed E-state index contributed by atoms with van der Waals surface area (Å²) in [5.74, 6) is -1.38. The van der Waals surface area contributed by atoms with Crippen molar-refractivity contribution in [2.75, 3.05) is 10.8 Å². The zero-order chi connectivity index (χ0) is 19.9. The summed E-state index contributed by atoms with van der Waals surface area (Å²) in [6.45, 7) is -0.254. The van der Waals surface area contributed by atoms with Gasteiger partial charge in [0, 0.05) is 12.6 Å². The van der Waals surface area contributed by atoms with Crippen molar-refractivity contribution in [1.29, 1.82) is 0 Å². The van der Waals surface area contributed by atoms with Crippen molar-refractivity contribution >= 4 is 22.4 Å². The first-order chi connectivity index (χ1) is 11.7. The summed E-state index contributed by atoms with van der Waals surface area (Å²) in [4.78, 5) is 10.5.